The van der Waals surface area contributed by atoms with Crippen molar-refractivity contribution in [1.29, 1.82) is 0 Å². The predicted octanol–water partition coefficient (Wildman–Crippen LogP) is 4.08. The fraction of sp³-hybridized carbons (Fsp3) is 0.562. The molecule has 2 aromatic heterocycles. The molecule has 0 saturated carbocycles. The van der Waals surface area contributed by atoms with Gasteiger partial charge < -0.3 is 5.32 Å². The van der Waals surface area contributed by atoms with Crippen LogP contribution in [0.15, 0.2) is 24.5 Å². The molecule has 0 aromatic carbocycles. The summed E-state index contributed by atoms with van der Waals surface area (Å²) in [4.78, 5) is 8.81. The molecule has 21 heavy (non-hydrogen) atoms. The van der Waals surface area contributed by atoms with Crippen LogP contribution in [0.4, 0.5) is 5.13 Å². The summed E-state index contributed by atoms with van der Waals surface area (Å²) >= 11 is 1.44. The number of aromatic nitrogens is 3. The first kappa shape index (κ1) is 15.9. The van der Waals surface area contributed by atoms with Gasteiger partial charge in [-0.3, -0.25) is 4.98 Å². The topological polar surface area (TPSA) is 50.7 Å². The lowest BCUT2D eigenvalue weighted by Crippen LogP contribution is -2.18. The Kier molecular flexibility index (Phi) is 4.93. The van der Waals surface area contributed by atoms with Gasteiger partial charge in [0.05, 0.1) is 0 Å². The smallest absolute Gasteiger partial charge is 0.202 e. The maximum atomic E-state index is 4.59. The van der Waals surface area contributed by atoms with Crippen LogP contribution in [0.1, 0.15) is 51.9 Å². The Morgan fingerprint density at radius 3 is 2.57 bits per heavy atom. The molecule has 0 fully saturated rings. The van der Waals surface area contributed by atoms with Gasteiger partial charge in [-0.15, -0.1) is 0 Å². The van der Waals surface area contributed by atoms with Crippen molar-refractivity contribution >= 4 is 16.7 Å². The van der Waals surface area contributed by atoms with Gasteiger partial charge in [-0.2, -0.15) is 4.37 Å². The van der Waals surface area contributed by atoms with E-state index in [9.17, 15) is 0 Å². The number of rotatable bonds is 5. The van der Waals surface area contributed by atoms with Gasteiger partial charge in [-0.05, 0) is 17.5 Å². The molecule has 1 unspecified atom stereocenters. The van der Waals surface area contributed by atoms with Crippen molar-refractivity contribution in [3.63, 3.8) is 0 Å². The molecule has 114 valence electrons. The summed E-state index contributed by atoms with van der Waals surface area (Å²) in [5.74, 6) is 1.86. The standard InChI is InChI=1S/C16H24N4S/c1-11(2)13(12-7-6-8-17-9-12)10-18-15-19-14(20-21-15)16(3,4)5/h6-9,11,13H,10H2,1-5H3,(H,18,19,20). The molecule has 0 aliphatic carbocycles. The minimum Gasteiger partial charge on any atom is -0.360 e. The lowest BCUT2D eigenvalue weighted by atomic mass is 9.89. The molecule has 0 aliphatic heterocycles. The van der Waals surface area contributed by atoms with Gasteiger partial charge in [0.2, 0.25) is 5.13 Å². The maximum absolute atomic E-state index is 4.59. The van der Waals surface area contributed by atoms with Crippen LogP contribution in [0.25, 0.3) is 0 Å². The van der Waals surface area contributed by atoms with Crippen molar-refractivity contribution in [2.75, 3.05) is 11.9 Å². The quantitative estimate of drug-likeness (QED) is 0.904. The third kappa shape index (κ3) is 4.24. The van der Waals surface area contributed by atoms with E-state index in [-0.39, 0.29) is 5.41 Å². The average Bonchev–Trinajstić information content (AvgIpc) is 2.88. The van der Waals surface area contributed by atoms with Gasteiger partial charge in [0.1, 0.15) is 5.82 Å². The minimum atomic E-state index is -0.00275. The van der Waals surface area contributed by atoms with Crippen molar-refractivity contribution in [3.8, 4) is 0 Å². The third-order valence-corrected chi connectivity index (χ3v) is 4.16. The highest BCUT2D eigenvalue weighted by atomic mass is 32.1. The molecule has 2 rings (SSSR count). The molecule has 5 heteroatoms. The third-order valence-electron chi connectivity index (χ3n) is 3.49. The van der Waals surface area contributed by atoms with Crippen LogP contribution in [0.2, 0.25) is 0 Å². The van der Waals surface area contributed by atoms with Crippen molar-refractivity contribution in [1.82, 2.24) is 14.3 Å². The Bertz CT molecular complexity index is 557. The molecule has 0 bridgehead atoms. The zero-order valence-electron chi connectivity index (χ0n) is 13.4. The number of hydrogen-bond acceptors (Lipinski definition) is 5. The molecule has 2 heterocycles. The Hall–Kier alpha value is -1.49. The van der Waals surface area contributed by atoms with E-state index in [1.807, 2.05) is 18.5 Å². The summed E-state index contributed by atoms with van der Waals surface area (Å²) in [7, 11) is 0. The second-order valence-electron chi connectivity index (χ2n) is 6.69. The van der Waals surface area contributed by atoms with Crippen LogP contribution < -0.4 is 5.32 Å². The Morgan fingerprint density at radius 1 is 1.29 bits per heavy atom. The molecule has 1 atom stereocenters. The summed E-state index contributed by atoms with van der Waals surface area (Å²) in [6.07, 6.45) is 3.77. The summed E-state index contributed by atoms with van der Waals surface area (Å²) in [6, 6.07) is 4.13. The Balaban J connectivity index is 2.04. The van der Waals surface area contributed by atoms with Crippen LogP contribution in [-0.2, 0) is 5.41 Å². The van der Waals surface area contributed by atoms with E-state index >= 15 is 0 Å². The molecular weight excluding hydrogens is 280 g/mol. The monoisotopic (exact) mass is 304 g/mol. The largest absolute Gasteiger partial charge is 0.360 e. The highest BCUT2D eigenvalue weighted by Gasteiger charge is 2.21. The van der Waals surface area contributed by atoms with Crippen LogP contribution in [-0.4, -0.2) is 20.9 Å². The second-order valence-corrected chi connectivity index (χ2v) is 7.44. The van der Waals surface area contributed by atoms with E-state index in [1.165, 1.54) is 17.1 Å². The van der Waals surface area contributed by atoms with Crippen LogP contribution >= 0.6 is 11.5 Å². The summed E-state index contributed by atoms with van der Waals surface area (Å²) in [5.41, 5.74) is 1.26. The Morgan fingerprint density at radius 2 is 2.05 bits per heavy atom. The molecule has 0 aliphatic rings. The SMILES string of the molecule is CC(C)C(CNc1nc(C(C)(C)C)ns1)c1cccnc1. The molecule has 2 aromatic rings. The zero-order chi connectivity index (χ0) is 15.5. The fourth-order valence-corrected chi connectivity index (χ4v) is 2.89. The maximum Gasteiger partial charge on any atom is 0.202 e. The van der Waals surface area contributed by atoms with Gasteiger partial charge in [0, 0.05) is 41.8 Å². The summed E-state index contributed by atoms with van der Waals surface area (Å²) < 4.78 is 4.44. The lowest BCUT2D eigenvalue weighted by molar-refractivity contribution is 0.515. The molecular formula is C16H24N4S. The molecule has 1 N–H and O–H groups in total. The Labute approximate surface area is 131 Å². The molecule has 4 nitrogen and oxygen atoms in total. The van der Waals surface area contributed by atoms with Gasteiger partial charge in [0.25, 0.3) is 0 Å². The molecule has 0 saturated heterocycles. The van der Waals surface area contributed by atoms with Gasteiger partial charge >= 0.3 is 0 Å². The fourth-order valence-electron chi connectivity index (χ4n) is 2.13. The van der Waals surface area contributed by atoms with Crippen LogP contribution in [0.3, 0.4) is 0 Å². The zero-order valence-corrected chi connectivity index (χ0v) is 14.2. The predicted molar refractivity (Wildman–Crippen MR) is 88.9 cm³/mol. The first-order valence-electron chi connectivity index (χ1n) is 7.36. The second kappa shape index (κ2) is 6.52. The number of anilines is 1. The van der Waals surface area contributed by atoms with E-state index in [0.717, 1.165) is 17.5 Å². The van der Waals surface area contributed by atoms with Crippen LogP contribution in [0.5, 0.6) is 0 Å². The highest BCUT2D eigenvalue weighted by Crippen LogP contribution is 2.26. The van der Waals surface area contributed by atoms with Crippen molar-refractivity contribution in [3.05, 3.63) is 35.9 Å². The molecule has 0 amide bonds. The lowest BCUT2D eigenvalue weighted by Gasteiger charge is -2.21. The number of hydrogen-bond donors (Lipinski definition) is 1. The summed E-state index contributed by atoms with van der Waals surface area (Å²) in [6.45, 7) is 11.7. The van der Waals surface area contributed by atoms with E-state index in [1.54, 1.807) is 0 Å². The van der Waals surface area contributed by atoms with E-state index in [2.05, 4.69) is 60.3 Å². The molecule has 0 radical (unpaired) electrons. The van der Waals surface area contributed by atoms with Gasteiger partial charge in [-0.25, -0.2) is 4.98 Å². The summed E-state index contributed by atoms with van der Waals surface area (Å²) in [5, 5.41) is 4.33. The van der Waals surface area contributed by atoms with E-state index in [0.29, 0.717) is 11.8 Å². The van der Waals surface area contributed by atoms with Crippen molar-refractivity contribution < 1.29 is 0 Å². The normalized spacial score (nSPS) is 13.4. The number of pyridine rings is 1. The minimum absolute atomic E-state index is 0.00275. The average molecular weight is 304 g/mol. The van der Waals surface area contributed by atoms with E-state index < -0.39 is 0 Å². The van der Waals surface area contributed by atoms with Crippen molar-refractivity contribution in [2.24, 2.45) is 5.92 Å². The van der Waals surface area contributed by atoms with E-state index in [4.69, 9.17) is 0 Å². The first-order valence-corrected chi connectivity index (χ1v) is 8.13. The first-order chi connectivity index (χ1) is 9.88. The number of nitrogens with zero attached hydrogens (tertiary/aromatic N) is 3. The van der Waals surface area contributed by atoms with Gasteiger partial charge in [-0.1, -0.05) is 40.7 Å². The van der Waals surface area contributed by atoms with Crippen molar-refractivity contribution in [2.45, 2.75) is 46.0 Å². The highest BCUT2D eigenvalue weighted by molar-refractivity contribution is 7.09. The van der Waals surface area contributed by atoms with Gasteiger partial charge in [0.15, 0.2) is 0 Å². The number of nitrogens with one attached hydrogen (secondary N) is 1. The molecule has 0 spiro atoms. The van der Waals surface area contributed by atoms with Crippen LogP contribution in [0, 0.1) is 5.92 Å².